The molecular weight excluding hydrogens is 420 g/mol. The Kier molecular flexibility index (Phi) is 5.35. The van der Waals surface area contributed by atoms with Crippen LogP contribution >= 0.6 is 11.9 Å². The van der Waals surface area contributed by atoms with Crippen LogP contribution in [0.2, 0.25) is 0 Å². The van der Waals surface area contributed by atoms with Crippen molar-refractivity contribution in [2.45, 2.75) is 4.90 Å². The van der Waals surface area contributed by atoms with Crippen LogP contribution in [0, 0.1) is 0 Å². The number of rotatable bonds is 6. The van der Waals surface area contributed by atoms with Crippen molar-refractivity contribution in [2.24, 2.45) is 0 Å². The third-order valence-electron chi connectivity index (χ3n) is 4.86. The summed E-state index contributed by atoms with van der Waals surface area (Å²) in [6.45, 7) is 0. The van der Waals surface area contributed by atoms with E-state index >= 15 is 0 Å². The Morgan fingerprint density at radius 3 is 2.47 bits per heavy atom. The lowest BCUT2D eigenvalue weighted by molar-refractivity contribution is 0.415. The predicted molar refractivity (Wildman–Crippen MR) is 131 cm³/mol. The highest BCUT2D eigenvalue weighted by molar-refractivity contribution is 8.00. The molecule has 2 heterocycles. The van der Waals surface area contributed by atoms with Gasteiger partial charge in [0.1, 0.15) is 5.75 Å². The Labute approximate surface area is 189 Å². The number of nitrogens with two attached hydrogens (primary N) is 1. The predicted octanol–water partition coefficient (Wildman–Crippen LogP) is 5.63. The number of nitrogens with zero attached hydrogens (tertiary/aromatic N) is 3. The topological polar surface area (TPSA) is 98.0 Å². The summed E-state index contributed by atoms with van der Waals surface area (Å²) in [5, 5.41) is 4.38. The van der Waals surface area contributed by atoms with E-state index in [4.69, 9.17) is 20.4 Å². The summed E-state index contributed by atoms with van der Waals surface area (Å²) in [4.78, 5) is 15.1. The molecule has 0 fully saturated rings. The van der Waals surface area contributed by atoms with Gasteiger partial charge in [0, 0.05) is 28.2 Å². The molecule has 0 bridgehead atoms. The van der Waals surface area contributed by atoms with E-state index in [1.807, 2.05) is 72.8 Å². The zero-order valence-electron chi connectivity index (χ0n) is 17.2. The summed E-state index contributed by atoms with van der Waals surface area (Å²) < 4.78 is 8.80. The van der Waals surface area contributed by atoms with Crippen LogP contribution in [0.3, 0.4) is 0 Å². The first-order valence-corrected chi connectivity index (χ1v) is 10.8. The van der Waals surface area contributed by atoms with E-state index in [0.717, 1.165) is 38.3 Å². The zero-order chi connectivity index (χ0) is 21.9. The van der Waals surface area contributed by atoms with Gasteiger partial charge in [0.05, 0.1) is 29.3 Å². The van der Waals surface area contributed by atoms with Crippen molar-refractivity contribution in [2.75, 3.05) is 22.9 Å². The van der Waals surface area contributed by atoms with Gasteiger partial charge in [0.15, 0.2) is 11.6 Å². The highest BCUT2D eigenvalue weighted by Gasteiger charge is 2.13. The molecule has 5 aromatic rings. The van der Waals surface area contributed by atoms with Crippen LogP contribution in [-0.4, -0.2) is 22.1 Å². The minimum Gasteiger partial charge on any atom is -0.497 e. The summed E-state index contributed by atoms with van der Waals surface area (Å²) in [5.74, 6) is 1.91. The van der Waals surface area contributed by atoms with Gasteiger partial charge < -0.3 is 20.5 Å². The molecule has 2 aromatic heterocycles. The van der Waals surface area contributed by atoms with Crippen molar-refractivity contribution in [3.05, 3.63) is 79.0 Å². The van der Waals surface area contributed by atoms with E-state index in [-0.39, 0.29) is 0 Å². The summed E-state index contributed by atoms with van der Waals surface area (Å²) >= 11 is 1.42. The number of benzene rings is 3. The number of ether oxygens (including phenoxy) is 1. The first-order valence-electron chi connectivity index (χ1n) is 9.94. The van der Waals surface area contributed by atoms with E-state index in [1.165, 1.54) is 11.9 Å². The molecule has 0 atom stereocenters. The Hall–Kier alpha value is -4.04. The molecule has 4 N–H and O–H groups in total. The van der Waals surface area contributed by atoms with Gasteiger partial charge in [0.2, 0.25) is 0 Å². The van der Waals surface area contributed by atoms with Crippen molar-refractivity contribution in [1.29, 1.82) is 0 Å². The van der Waals surface area contributed by atoms with E-state index in [0.29, 0.717) is 17.3 Å². The van der Waals surface area contributed by atoms with Gasteiger partial charge in [-0.3, -0.25) is 4.98 Å². The van der Waals surface area contributed by atoms with Crippen molar-refractivity contribution in [1.82, 2.24) is 15.0 Å². The SMILES string of the molecule is COc1cc(Nc2nc3ccccc3nc2NSc2cccc(N)c2)c2ncccc2c1. The minimum atomic E-state index is 0.584. The maximum atomic E-state index is 5.91. The fourth-order valence-corrected chi connectivity index (χ4v) is 4.05. The third-order valence-corrected chi connectivity index (χ3v) is 5.65. The molecule has 0 amide bonds. The van der Waals surface area contributed by atoms with E-state index in [9.17, 15) is 0 Å². The Balaban J connectivity index is 1.57. The van der Waals surface area contributed by atoms with E-state index in [2.05, 4.69) is 15.0 Å². The van der Waals surface area contributed by atoms with Crippen LogP contribution in [0.5, 0.6) is 5.75 Å². The Bertz CT molecular complexity index is 1420. The number of aromatic nitrogens is 3. The molecular formula is C24H20N6OS. The van der Waals surface area contributed by atoms with Gasteiger partial charge in [-0.05, 0) is 54.4 Å². The summed E-state index contributed by atoms with van der Waals surface area (Å²) in [7, 11) is 1.65. The molecule has 7 nitrogen and oxygen atoms in total. The number of pyridine rings is 1. The van der Waals surface area contributed by atoms with Gasteiger partial charge >= 0.3 is 0 Å². The summed E-state index contributed by atoms with van der Waals surface area (Å²) in [6.07, 6.45) is 1.76. The molecule has 0 unspecified atom stereocenters. The van der Waals surface area contributed by atoms with Crippen LogP contribution in [0.4, 0.5) is 23.0 Å². The van der Waals surface area contributed by atoms with Gasteiger partial charge in [-0.1, -0.05) is 24.3 Å². The highest BCUT2D eigenvalue weighted by atomic mass is 32.2. The lowest BCUT2D eigenvalue weighted by Crippen LogP contribution is -2.03. The molecule has 8 heteroatoms. The molecule has 0 radical (unpaired) electrons. The molecule has 5 rings (SSSR count). The van der Waals surface area contributed by atoms with Crippen LogP contribution in [0.15, 0.2) is 83.9 Å². The van der Waals surface area contributed by atoms with Crippen LogP contribution < -0.4 is 20.5 Å². The third kappa shape index (κ3) is 4.08. The lowest BCUT2D eigenvalue weighted by Gasteiger charge is -2.15. The first kappa shape index (κ1) is 19.9. The fraction of sp³-hybridized carbons (Fsp3) is 0.0417. The van der Waals surface area contributed by atoms with Gasteiger partial charge in [-0.15, -0.1) is 0 Å². The normalized spacial score (nSPS) is 10.9. The zero-order valence-corrected chi connectivity index (χ0v) is 18.1. The van der Waals surface area contributed by atoms with Crippen molar-refractivity contribution in [3.63, 3.8) is 0 Å². The summed E-state index contributed by atoms with van der Waals surface area (Å²) in [5.41, 5.74) is 9.79. The van der Waals surface area contributed by atoms with Gasteiger partial charge in [-0.25, -0.2) is 9.97 Å². The molecule has 3 aromatic carbocycles. The number of para-hydroxylation sites is 2. The number of methoxy groups -OCH3 is 1. The second kappa shape index (κ2) is 8.60. The van der Waals surface area contributed by atoms with Crippen molar-refractivity contribution < 1.29 is 4.74 Å². The van der Waals surface area contributed by atoms with E-state index in [1.54, 1.807) is 13.3 Å². The van der Waals surface area contributed by atoms with Crippen molar-refractivity contribution >= 4 is 56.9 Å². The molecule has 0 aliphatic rings. The largest absolute Gasteiger partial charge is 0.497 e. The highest BCUT2D eigenvalue weighted by Crippen LogP contribution is 2.33. The molecule has 32 heavy (non-hydrogen) atoms. The Morgan fingerprint density at radius 2 is 1.69 bits per heavy atom. The van der Waals surface area contributed by atoms with Gasteiger partial charge in [0.25, 0.3) is 0 Å². The number of hydrogen-bond donors (Lipinski definition) is 3. The standard InChI is InChI=1S/C24H20N6OS/c1-31-17-12-15-6-5-11-26-22(15)21(14-17)29-23-24(28-20-10-3-2-9-19(20)27-23)30-32-18-8-4-7-16(25)13-18/h2-14H,25H2,1H3,(H,27,29)(H,28,30). The maximum absolute atomic E-state index is 5.91. The smallest absolute Gasteiger partial charge is 0.180 e. The number of nitrogens with one attached hydrogen (secondary N) is 2. The monoisotopic (exact) mass is 440 g/mol. The van der Waals surface area contributed by atoms with Crippen LogP contribution in [0.25, 0.3) is 21.9 Å². The quantitative estimate of drug-likeness (QED) is 0.231. The second-order valence-corrected chi connectivity index (χ2v) is 7.94. The number of nitrogen functional groups attached to an aromatic ring is 1. The number of anilines is 4. The average Bonchev–Trinajstić information content (AvgIpc) is 2.82. The van der Waals surface area contributed by atoms with Crippen molar-refractivity contribution in [3.8, 4) is 5.75 Å². The average molecular weight is 441 g/mol. The number of fused-ring (bicyclic) bond motifs is 2. The van der Waals surface area contributed by atoms with E-state index < -0.39 is 0 Å². The lowest BCUT2D eigenvalue weighted by atomic mass is 10.1. The van der Waals surface area contributed by atoms with Crippen LogP contribution in [-0.2, 0) is 0 Å². The second-order valence-electron chi connectivity index (χ2n) is 7.06. The van der Waals surface area contributed by atoms with Crippen LogP contribution in [0.1, 0.15) is 0 Å². The molecule has 0 saturated carbocycles. The molecule has 0 aliphatic heterocycles. The molecule has 0 aliphatic carbocycles. The minimum absolute atomic E-state index is 0.584. The first-order chi connectivity index (χ1) is 15.7. The molecule has 0 spiro atoms. The van der Waals surface area contributed by atoms with Gasteiger partial charge in [-0.2, -0.15) is 0 Å². The fourth-order valence-electron chi connectivity index (χ4n) is 3.35. The molecule has 158 valence electrons. The number of hydrogen-bond acceptors (Lipinski definition) is 8. The summed E-state index contributed by atoms with van der Waals surface area (Å²) in [6, 6.07) is 23.2. The molecule has 0 saturated heterocycles. The Morgan fingerprint density at radius 1 is 0.875 bits per heavy atom. The maximum Gasteiger partial charge on any atom is 0.180 e.